The zero-order chi connectivity index (χ0) is 17.2. The van der Waals surface area contributed by atoms with Gasteiger partial charge in [-0.2, -0.15) is 4.31 Å². The van der Waals surface area contributed by atoms with Gasteiger partial charge in [0.2, 0.25) is 10.0 Å². The van der Waals surface area contributed by atoms with Gasteiger partial charge in [-0.3, -0.25) is 4.90 Å². The molecule has 0 amide bonds. The van der Waals surface area contributed by atoms with E-state index in [1.54, 1.807) is 16.4 Å². The fraction of sp³-hybridized carbons (Fsp3) is 0.368. The Morgan fingerprint density at radius 1 is 1.00 bits per heavy atom. The molecule has 0 radical (unpaired) electrons. The summed E-state index contributed by atoms with van der Waals surface area (Å²) < 4.78 is 27.5. The van der Waals surface area contributed by atoms with Crippen LogP contribution >= 0.6 is 0 Å². The minimum Gasteiger partial charge on any atom is -0.294 e. The fourth-order valence-electron chi connectivity index (χ4n) is 3.22. The number of benzene rings is 2. The number of piperazine rings is 1. The van der Waals surface area contributed by atoms with E-state index in [-0.39, 0.29) is 6.04 Å². The molecule has 24 heavy (non-hydrogen) atoms. The Hall–Kier alpha value is -1.69. The highest BCUT2D eigenvalue weighted by Crippen LogP contribution is 2.23. The number of nitrogens with zero attached hydrogens (tertiary/aromatic N) is 2. The van der Waals surface area contributed by atoms with E-state index >= 15 is 0 Å². The monoisotopic (exact) mass is 344 g/mol. The molecule has 1 fully saturated rings. The highest BCUT2D eigenvalue weighted by atomic mass is 32.2. The Morgan fingerprint density at radius 3 is 2.33 bits per heavy atom. The van der Waals surface area contributed by atoms with Gasteiger partial charge in [-0.25, -0.2) is 8.42 Å². The number of sulfonamides is 1. The van der Waals surface area contributed by atoms with Gasteiger partial charge in [0.25, 0.3) is 0 Å². The van der Waals surface area contributed by atoms with Crippen molar-refractivity contribution in [2.45, 2.75) is 31.3 Å². The molecule has 0 bridgehead atoms. The third-order valence-electron chi connectivity index (χ3n) is 4.67. The first-order valence-electron chi connectivity index (χ1n) is 8.32. The SMILES string of the molecule is Cc1ccccc1S(=O)(=O)N1CCN(Cc2ccccc2)C(C)C1. The molecule has 1 aliphatic heterocycles. The molecular formula is C19H24N2O2S. The van der Waals surface area contributed by atoms with Gasteiger partial charge in [0, 0.05) is 32.2 Å². The van der Waals surface area contributed by atoms with Crippen molar-refractivity contribution in [3.8, 4) is 0 Å². The van der Waals surface area contributed by atoms with E-state index in [9.17, 15) is 8.42 Å². The van der Waals surface area contributed by atoms with E-state index in [0.717, 1.165) is 18.7 Å². The minimum atomic E-state index is -3.42. The first-order chi connectivity index (χ1) is 11.5. The maximum Gasteiger partial charge on any atom is 0.243 e. The van der Waals surface area contributed by atoms with E-state index in [1.807, 2.05) is 37.3 Å². The lowest BCUT2D eigenvalue weighted by Gasteiger charge is -2.39. The van der Waals surface area contributed by atoms with Crippen molar-refractivity contribution >= 4 is 10.0 Å². The van der Waals surface area contributed by atoms with Gasteiger partial charge in [-0.1, -0.05) is 48.5 Å². The number of hydrogen-bond donors (Lipinski definition) is 0. The Balaban J connectivity index is 1.72. The number of aryl methyl sites for hydroxylation is 1. The zero-order valence-corrected chi connectivity index (χ0v) is 15.0. The van der Waals surface area contributed by atoms with Crippen LogP contribution in [0, 0.1) is 6.92 Å². The van der Waals surface area contributed by atoms with Gasteiger partial charge in [-0.15, -0.1) is 0 Å². The third-order valence-corrected chi connectivity index (χ3v) is 6.69. The molecule has 5 heteroatoms. The Bertz CT molecular complexity index is 790. The average molecular weight is 344 g/mol. The largest absolute Gasteiger partial charge is 0.294 e. The molecule has 4 nitrogen and oxygen atoms in total. The van der Waals surface area contributed by atoms with Crippen LogP contribution in [-0.2, 0) is 16.6 Å². The van der Waals surface area contributed by atoms with E-state index in [4.69, 9.17) is 0 Å². The molecule has 1 atom stereocenters. The minimum absolute atomic E-state index is 0.192. The van der Waals surface area contributed by atoms with Gasteiger partial charge in [0.15, 0.2) is 0 Å². The molecule has 0 aromatic heterocycles. The third kappa shape index (κ3) is 3.53. The van der Waals surface area contributed by atoms with Crippen molar-refractivity contribution < 1.29 is 8.42 Å². The molecule has 0 aliphatic carbocycles. The van der Waals surface area contributed by atoms with E-state index in [1.165, 1.54) is 5.56 Å². The number of hydrogen-bond acceptors (Lipinski definition) is 3. The van der Waals surface area contributed by atoms with Crippen LogP contribution in [0.3, 0.4) is 0 Å². The molecule has 0 saturated carbocycles. The first kappa shape index (κ1) is 17.1. The van der Waals surface area contributed by atoms with Crippen molar-refractivity contribution in [3.05, 3.63) is 65.7 Å². The van der Waals surface area contributed by atoms with Gasteiger partial charge in [0.1, 0.15) is 0 Å². The van der Waals surface area contributed by atoms with Crippen LogP contribution in [0.1, 0.15) is 18.1 Å². The lowest BCUT2D eigenvalue weighted by molar-refractivity contribution is 0.122. The maximum atomic E-state index is 12.9. The van der Waals surface area contributed by atoms with Crippen LogP contribution in [0.5, 0.6) is 0 Å². The Kier molecular flexibility index (Phi) is 5.04. The second-order valence-corrected chi connectivity index (χ2v) is 8.34. The Morgan fingerprint density at radius 2 is 1.67 bits per heavy atom. The predicted molar refractivity (Wildman–Crippen MR) is 96.3 cm³/mol. The van der Waals surface area contributed by atoms with Gasteiger partial charge < -0.3 is 0 Å². The van der Waals surface area contributed by atoms with Crippen molar-refractivity contribution in [1.29, 1.82) is 0 Å². The second-order valence-electron chi connectivity index (χ2n) is 6.43. The van der Waals surface area contributed by atoms with Gasteiger partial charge in [-0.05, 0) is 31.0 Å². The lowest BCUT2D eigenvalue weighted by Crippen LogP contribution is -2.53. The smallest absolute Gasteiger partial charge is 0.243 e. The summed E-state index contributed by atoms with van der Waals surface area (Å²) in [7, 11) is -3.42. The van der Waals surface area contributed by atoms with Crippen molar-refractivity contribution in [2.24, 2.45) is 0 Å². The molecule has 1 aliphatic rings. The highest BCUT2D eigenvalue weighted by molar-refractivity contribution is 7.89. The summed E-state index contributed by atoms with van der Waals surface area (Å²) >= 11 is 0. The summed E-state index contributed by atoms with van der Waals surface area (Å²) in [5.74, 6) is 0. The summed E-state index contributed by atoms with van der Waals surface area (Å²) in [5, 5.41) is 0. The van der Waals surface area contributed by atoms with Crippen molar-refractivity contribution in [1.82, 2.24) is 9.21 Å². The van der Waals surface area contributed by atoms with Crippen LogP contribution in [0.2, 0.25) is 0 Å². The predicted octanol–water partition coefficient (Wildman–Crippen LogP) is 2.89. The summed E-state index contributed by atoms with van der Waals surface area (Å²) in [5.41, 5.74) is 2.07. The quantitative estimate of drug-likeness (QED) is 0.856. The molecule has 2 aromatic rings. The first-order valence-corrected chi connectivity index (χ1v) is 9.76. The van der Waals surface area contributed by atoms with Crippen LogP contribution in [0.25, 0.3) is 0 Å². The summed E-state index contributed by atoms with van der Waals surface area (Å²) in [4.78, 5) is 2.77. The molecular weight excluding hydrogens is 320 g/mol. The average Bonchev–Trinajstić information content (AvgIpc) is 2.58. The van der Waals surface area contributed by atoms with Crippen LogP contribution in [-0.4, -0.2) is 43.3 Å². The van der Waals surface area contributed by atoms with Crippen molar-refractivity contribution in [2.75, 3.05) is 19.6 Å². The van der Waals surface area contributed by atoms with Gasteiger partial charge >= 0.3 is 0 Å². The van der Waals surface area contributed by atoms with Crippen LogP contribution in [0.15, 0.2) is 59.5 Å². The van der Waals surface area contributed by atoms with Crippen LogP contribution in [0.4, 0.5) is 0 Å². The fourth-order valence-corrected chi connectivity index (χ4v) is 4.96. The molecule has 1 heterocycles. The highest BCUT2D eigenvalue weighted by Gasteiger charge is 2.32. The summed E-state index contributed by atoms with van der Waals surface area (Å²) in [6.45, 7) is 6.63. The van der Waals surface area contributed by atoms with Crippen LogP contribution < -0.4 is 0 Å². The zero-order valence-electron chi connectivity index (χ0n) is 14.2. The van der Waals surface area contributed by atoms with Gasteiger partial charge in [0.05, 0.1) is 4.90 Å². The maximum absolute atomic E-state index is 12.9. The molecule has 0 spiro atoms. The summed E-state index contributed by atoms with van der Waals surface area (Å²) in [6.07, 6.45) is 0. The van der Waals surface area contributed by atoms with E-state index in [0.29, 0.717) is 18.0 Å². The molecule has 3 rings (SSSR count). The molecule has 1 unspecified atom stereocenters. The van der Waals surface area contributed by atoms with Crippen molar-refractivity contribution in [3.63, 3.8) is 0 Å². The molecule has 2 aromatic carbocycles. The van der Waals surface area contributed by atoms with E-state index in [2.05, 4.69) is 24.0 Å². The standard InChI is InChI=1S/C19H24N2O2S/c1-16-8-6-7-11-19(16)24(22,23)21-13-12-20(17(2)14-21)15-18-9-4-3-5-10-18/h3-11,17H,12-15H2,1-2H3. The normalized spacial score (nSPS) is 20.2. The molecule has 0 N–H and O–H groups in total. The Labute approximate surface area is 144 Å². The second kappa shape index (κ2) is 7.05. The van der Waals surface area contributed by atoms with E-state index < -0.39 is 10.0 Å². The molecule has 128 valence electrons. The molecule has 1 saturated heterocycles. The summed E-state index contributed by atoms with van der Waals surface area (Å²) in [6, 6.07) is 17.7. The number of rotatable bonds is 4. The topological polar surface area (TPSA) is 40.6 Å². The lowest BCUT2D eigenvalue weighted by atomic mass is 10.1.